The molecule has 0 spiro atoms. The number of ether oxygens (including phenoxy) is 1. The average molecular weight is 648 g/mol. The first-order chi connectivity index (χ1) is 23.4. The summed E-state index contributed by atoms with van der Waals surface area (Å²) in [5.41, 5.74) is 5.37. The molecule has 2 aromatic heterocycles. The second kappa shape index (κ2) is 12.6. The quantitative estimate of drug-likeness (QED) is 0.205. The van der Waals surface area contributed by atoms with Gasteiger partial charge in [-0.2, -0.15) is 0 Å². The number of likely N-dealkylation sites (N-methyl/N-ethyl adjacent to an activating group) is 1. The van der Waals surface area contributed by atoms with Crippen molar-refractivity contribution in [2.45, 2.75) is 25.8 Å². The standard InChI is InChI=1S/C37H38FN7O3/c1-42-14-16-43(17-15-42)11-4-8-40-33-30(38)20-28-34-36(33)48-32-21-27-25(18-24-6-2-3-7-26(24)27)19-31(32)45(34)22-29(35(28)46)37(47)41-9-5-12-44-13-10-39-23-44/h2-3,6-7,10,13,19-23,40H,4-5,8-9,11-12,14-18H2,1H3,(H,41,47). The van der Waals surface area contributed by atoms with Crippen LogP contribution in [0.2, 0.25) is 0 Å². The molecule has 1 amide bonds. The second-order valence-corrected chi connectivity index (χ2v) is 12.9. The van der Waals surface area contributed by atoms with Gasteiger partial charge < -0.3 is 34.3 Å². The van der Waals surface area contributed by atoms with E-state index in [4.69, 9.17) is 4.74 Å². The van der Waals surface area contributed by atoms with Crippen LogP contribution in [-0.4, -0.2) is 82.7 Å². The van der Waals surface area contributed by atoms with E-state index in [-0.39, 0.29) is 22.4 Å². The number of amides is 1. The molecule has 3 aromatic carbocycles. The van der Waals surface area contributed by atoms with Gasteiger partial charge in [-0.3, -0.25) is 9.59 Å². The van der Waals surface area contributed by atoms with Crippen LogP contribution in [0.15, 0.2) is 72.2 Å². The third-order valence-electron chi connectivity index (χ3n) is 9.77. The number of anilines is 1. The van der Waals surface area contributed by atoms with Gasteiger partial charge in [0.15, 0.2) is 17.3 Å². The molecule has 0 unspecified atom stereocenters. The van der Waals surface area contributed by atoms with Gasteiger partial charge in [0.05, 0.1) is 17.4 Å². The molecular formula is C37H38FN7O3. The van der Waals surface area contributed by atoms with Crippen LogP contribution in [-0.2, 0) is 13.0 Å². The Morgan fingerprint density at radius 2 is 1.83 bits per heavy atom. The second-order valence-electron chi connectivity index (χ2n) is 12.9. The lowest BCUT2D eigenvalue weighted by molar-refractivity contribution is 0.0951. The third-order valence-corrected chi connectivity index (χ3v) is 9.77. The van der Waals surface area contributed by atoms with Crippen molar-refractivity contribution in [2.24, 2.45) is 0 Å². The van der Waals surface area contributed by atoms with E-state index in [0.717, 1.165) is 62.3 Å². The Morgan fingerprint density at radius 1 is 1.00 bits per heavy atom. The van der Waals surface area contributed by atoms with Crippen LogP contribution in [0.5, 0.6) is 11.5 Å². The van der Waals surface area contributed by atoms with Crippen molar-refractivity contribution in [1.82, 2.24) is 29.2 Å². The highest BCUT2D eigenvalue weighted by molar-refractivity contribution is 6.01. The number of aromatic nitrogens is 3. The normalized spacial score (nSPS) is 15.1. The molecule has 11 heteroatoms. The van der Waals surface area contributed by atoms with E-state index in [1.165, 1.54) is 11.6 Å². The number of halogens is 1. The van der Waals surface area contributed by atoms with Gasteiger partial charge in [0.2, 0.25) is 5.43 Å². The van der Waals surface area contributed by atoms with Crippen LogP contribution in [0.3, 0.4) is 0 Å². The maximum atomic E-state index is 16.0. The van der Waals surface area contributed by atoms with Crippen LogP contribution in [0.4, 0.5) is 10.1 Å². The average Bonchev–Trinajstić information content (AvgIpc) is 3.74. The molecule has 1 saturated heterocycles. The molecule has 246 valence electrons. The number of rotatable bonds is 10. The van der Waals surface area contributed by atoms with Crippen LogP contribution >= 0.6 is 0 Å². The Bertz CT molecular complexity index is 2080. The number of nitrogens with one attached hydrogen (secondary N) is 2. The fraction of sp³-hybridized carbons (Fsp3) is 0.324. The number of fused-ring (bicyclic) bond motifs is 5. The van der Waals surface area contributed by atoms with Crippen molar-refractivity contribution in [2.75, 3.05) is 58.2 Å². The molecule has 0 bridgehead atoms. The smallest absolute Gasteiger partial charge is 0.256 e. The van der Waals surface area contributed by atoms with Crippen molar-refractivity contribution in [1.29, 1.82) is 0 Å². The van der Waals surface area contributed by atoms with Crippen molar-refractivity contribution >= 4 is 22.5 Å². The summed E-state index contributed by atoms with van der Waals surface area (Å²) in [6.07, 6.45) is 9.13. The minimum absolute atomic E-state index is 0.0417. The van der Waals surface area contributed by atoms with Crippen LogP contribution < -0.4 is 20.8 Å². The lowest BCUT2D eigenvalue weighted by Gasteiger charge is -2.32. The third kappa shape index (κ3) is 5.52. The molecule has 5 aromatic rings. The van der Waals surface area contributed by atoms with Gasteiger partial charge in [-0.25, -0.2) is 9.37 Å². The molecule has 0 radical (unpaired) electrons. The van der Waals surface area contributed by atoms with Crippen LogP contribution in [0, 0.1) is 5.82 Å². The first-order valence-electron chi connectivity index (χ1n) is 16.7. The van der Waals surface area contributed by atoms with Gasteiger partial charge in [-0.15, -0.1) is 0 Å². The Hall–Kier alpha value is -5.00. The molecule has 10 nitrogen and oxygen atoms in total. The largest absolute Gasteiger partial charge is 0.451 e. The first kappa shape index (κ1) is 30.3. The fourth-order valence-corrected chi connectivity index (χ4v) is 7.14. The van der Waals surface area contributed by atoms with Gasteiger partial charge in [0, 0.05) is 64.4 Å². The van der Waals surface area contributed by atoms with Gasteiger partial charge in [0.25, 0.3) is 5.91 Å². The molecule has 0 atom stereocenters. The minimum Gasteiger partial charge on any atom is -0.451 e. The number of pyridine rings is 1. The number of carbonyl (C=O) groups is 1. The zero-order valence-electron chi connectivity index (χ0n) is 27.0. The van der Waals surface area contributed by atoms with Crippen molar-refractivity contribution in [3.8, 4) is 28.3 Å². The summed E-state index contributed by atoms with van der Waals surface area (Å²) < 4.78 is 26.3. The zero-order valence-corrected chi connectivity index (χ0v) is 27.0. The van der Waals surface area contributed by atoms with Crippen molar-refractivity contribution < 1.29 is 13.9 Å². The fourth-order valence-electron chi connectivity index (χ4n) is 7.14. The molecule has 48 heavy (non-hydrogen) atoms. The van der Waals surface area contributed by atoms with E-state index in [1.54, 1.807) is 18.7 Å². The van der Waals surface area contributed by atoms with Gasteiger partial charge >= 0.3 is 0 Å². The minimum atomic E-state index is -0.589. The number of carbonyl (C=O) groups excluding carboxylic acids is 1. The lowest BCUT2D eigenvalue weighted by atomic mass is 10.0. The molecule has 1 fully saturated rings. The molecule has 2 N–H and O–H groups in total. The van der Waals surface area contributed by atoms with E-state index in [2.05, 4.69) is 50.7 Å². The Morgan fingerprint density at radius 3 is 2.67 bits per heavy atom. The summed E-state index contributed by atoms with van der Waals surface area (Å²) in [6, 6.07) is 13.6. The summed E-state index contributed by atoms with van der Waals surface area (Å²) in [4.78, 5) is 36.1. The number of piperazine rings is 1. The highest BCUT2D eigenvalue weighted by Crippen LogP contribution is 2.49. The maximum Gasteiger partial charge on any atom is 0.256 e. The SMILES string of the molecule is CN1CCN(CCCNc2c(F)cc3c(=O)c(C(=O)NCCCn4ccnc4)cn4c3c2Oc2cc3c(cc2-4)Cc2ccccc2-3)CC1. The molecule has 8 rings (SSSR count). The Balaban J connectivity index is 1.14. The molecule has 0 saturated carbocycles. The van der Waals surface area contributed by atoms with Crippen molar-refractivity contribution in [3.05, 3.63) is 100 Å². The number of nitrogens with zero attached hydrogens (tertiary/aromatic N) is 5. The lowest BCUT2D eigenvalue weighted by Crippen LogP contribution is -2.44. The number of aryl methyl sites for hydroxylation is 1. The predicted octanol–water partition coefficient (Wildman–Crippen LogP) is 4.87. The summed E-state index contributed by atoms with van der Waals surface area (Å²) in [5.74, 6) is -0.284. The molecule has 1 aliphatic carbocycles. The van der Waals surface area contributed by atoms with Gasteiger partial charge in [0.1, 0.15) is 16.8 Å². The Kier molecular flexibility index (Phi) is 7.93. The predicted molar refractivity (Wildman–Crippen MR) is 184 cm³/mol. The topological polar surface area (TPSA) is 96.7 Å². The van der Waals surface area contributed by atoms with Crippen LogP contribution in [0.1, 0.15) is 34.3 Å². The van der Waals surface area contributed by atoms with E-state index < -0.39 is 17.2 Å². The zero-order chi connectivity index (χ0) is 32.8. The highest BCUT2D eigenvalue weighted by atomic mass is 19.1. The number of imidazole rings is 1. The summed E-state index contributed by atoms with van der Waals surface area (Å²) in [5, 5.41) is 6.29. The summed E-state index contributed by atoms with van der Waals surface area (Å²) in [6.45, 7) is 6.63. The molecule has 4 heterocycles. The summed E-state index contributed by atoms with van der Waals surface area (Å²) >= 11 is 0. The molecular weight excluding hydrogens is 609 g/mol. The first-order valence-corrected chi connectivity index (χ1v) is 16.7. The monoisotopic (exact) mass is 647 g/mol. The molecule has 2 aliphatic heterocycles. The van der Waals surface area contributed by atoms with Crippen LogP contribution in [0.25, 0.3) is 27.7 Å². The van der Waals surface area contributed by atoms with Gasteiger partial charge in [-0.1, -0.05) is 24.3 Å². The van der Waals surface area contributed by atoms with E-state index in [1.807, 2.05) is 33.5 Å². The summed E-state index contributed by atoms with van der Waals surface area (Å²) in [7, 11) is 2.14. The Labute approximate surface area is 277 Å². The van der Waals surface area contributed by atoms with Gasteiger partial charge in [-0.05, 0) is 73.3 Å². The highest BCUT2D eigenvalue weighted by Gasteiger charge is 2.31. The van der Waals surface area contributed by atoms with E-state index in [0.29, 0.717) is 43.0 Å². The maximum absolute atomic E-state index is 16.0. The number of benzene rings is 3. The van der Waals surface area contributed by atoms with Crippen molar-refractivity contribution in [3.63, 3.8) is 0 Å². The van der Waals surface area contributed by atoms with E-state index in [9.17, 15) is 9.59 Å². The molecule has 3 aliphatic rings. The number of hydrogen-bond acceptors (Lipinski definition) is 7. The number of hydrogen-bond donors (Lipinski definition) is 2. The van der Waals surface area contributed by atoms with E-state index >= 15 is 4.39 Å².